The second kappa shape index (κ2) is 7.81. The Bertz CT molecular complexity index is 296. The van der Waals surface area contributed by atoms with Crippen molar-refractivity contribution in [1.29, 1.82) is 0 Å². The smallest absolute Gasteiger partial charge is 0.410 e. The Balaban J connectivity index is 2.24. The van der Waals surface area contributed by atoms with Gasteiger partial charge in [0.1, 0.15) is 5.60 Å². The highest BCUT2D eigenvalue weighted by molar-refractivity contribution is 5.68. The highest BCUT2D eigenvalue weighted by Gasteiger charge is 2.26. The summed E-state index contributed by atoms with van der Waals surface area (Å²) in [6.45, 7) is 7.85. The Labute approximate surface area is 121 Å². The maximum absolute atomic E-state index is 11.9. The van der Waals surface area contributed by atoms with Crippen molar-refractivity contribution in [3.63, 3.8) is 0 Å². The predicted molar refractivity (Wildman–Crippen MR) is 76.7 cm³/mol. The van der Waals surface area contributed by atoms with Gasteiger partial charge in [0.05, 0.1) is 12.7 Å². The molecule has 20 heavy (non-hydrogen) atoms. The van der Waals surface area contributed by atoms with Gasteiger partial charge in [0.25, 0.3) is 0 Å². The van der Waals surface area contributed by atoms with Crippen molar-refractivity contribution in [3.8, 4) is 0 Å². The van der Waals surface area contributed by atoms with Gasteiger partial charge in [-0.3, -0.25) is 0 Å². The van der Waals surface area contributed by atoms with Crippen molar-refractivity contribution < 1.29 is 19.4 Å². The van der Waals surface area contributed by atoms with Gasteiger partial charge in [-0.2, -0.15) is 0 Å². The Morgan fingerprint density at radius 1 is 1.40 bits per heavy atom. The number of methoxy groups -OCH3 is 1. The number of nitrogens with one attached hydrogen (secondary N) is 1. The first-order chi connectivity index (χ1) is 9.31. The number of nitrogens with zero attached hydrogens (tertiary/aromatic N) is 1. The Hall–Kier alpha value is -0.850. The summed E-state index contributed by atoms with van der Waals surface area (Å²) in [5.74, 6) is 0. The van der Waals surface area contributed by atoms with Gasteiger partial charge >= 0.3 is 6.09 Å². The molecule has 0 saturated carbocycles. The van der Waals surface area contributed by atoms with Gasteiger partial charge < -0.3 is 24.8 Å². The van der Waals surface area contributed by atoms with Gasteiger partial charge in [0.2, 0.25) is 0 Å². The lowest BCUT2D eigenvalue weighted by Gasteiger charge is -2.34. The minimum absolute atomic E-state index is 0.240. The van der Waals surface area contributed by atoms with Crippen LogP contribution in [0.3, 0.4) is 0 Å². The van der Waals surface area contributed by atoms with Crippen LogP contribution in [0.15, 0.2) is 0 Å². The zero-order valence-electron chi connectivity index (χ0n) is 13.0. The Morgan fingerprint density at radius 3 is 2.50 bits per heavy atom. The van der Waals surface area contributed by atoms with Gasteiger partial charge in [-0.1, -0.05) is 0 Å². The molecule has 1 atom stereocenters. The summed E-state index contributed by atoms with van der Waals surface area (Å²) in [6, 6.07) is 0.334. The number of carbonyl (C=O) groups is 1. The number of carbonyl (C=O) groups excluding carboxylic acids is 1. The summed E-state index contributed by atoms with van der Waals surface area (Å²) in [5, 5.41) is 12.9. The number of likely N-dealkylation sites (tertiary alicyclic amines) is 1. The van der Waals surface area contributed by atoms with Gasteiger partial charge in [-0.05, 0) is 33.6 Å². The van der Waals surface area contributed by atoms with Crippen LogP contribution in [0.2, 0.25) is 0 Å². The van der Waals surface area contributed by atoms with Crippen LogP contribution in [-0.2, 0) is 9.47 Å². The van der Waals surface area contributed by atoms with Crippen molar-refractivity contribution in [2.45, 2.75) is 51.4 Å². The molecule has 2 N–H and O–H groups in total. The maximum atomic E-state index is 11.9. The molecular formula is C14H28N2O4. The van der Waals surface area contributed by atoms with Crippen LogP contribution < -0.4 is 5.32 Å². The Morgan fingerprint density at radius 2 is 2.00 bits per heavy atom. The molecule has 1 saturated heterocycles. The van der Waals surface area contributed by atoms with Crippen LogP contribution in [0.25, 0.3) is 0 Å². The number of aliphatic hydroxyl groups excluding tert-OH is 1. The van der Waals surface area contributed by atoms with E-state index in [2.05, 4.69) is 5.32 Å². The maximum Gasteiger partial charge on any atom is 0.410 e. The molecule has 0 bridgehead atoms. The molecule has 1 unspecified atom stereocenters. The first-order valence-electron chi connectivity index (χ1n) is 7.20. The molecule has 1 amide bonds. The third-order valence-corrected chi connectivity index (χ3v) is 3.15. The standard InChI is InChI=1S/C14H28N2O4/c1-14(2,3)20-13(18)16-7-5-11(6-8-16)15-9-12(17)10-19-4/h11-12,15,17H,5-10H2,1-4H3. The van der Waals surface area contributed by atoms with Gasteiger partial charge in [-0.25, -0.2) is 4.79 Å². The quantitative estimate of drug-likeness (QED) is 0.789. The van der Waals surface area contributed by atoms with Crippen LogP contribution >= 0.6 is 0 Å². The van der Waals surface area contributed by atoms with Crippen LogP contribution in [0.1, 0.15) is 33.6 Å². The number of ether oxygens (including phenoxy) is 2. The largest absolute Gasteiger partial charge is 0.444 e. The number of amides is 1. The van der Waals surface area contributed by atoms with Crippen molar-refractivity contribution in [3.05, 3.63) is 0 Å². The minimum atomic E-state index is -0.483. The number of hydrogen-bond donors (Lipinski definition) is 2. The lowest BCUT2D eigenvalue weighted by Crippen LogP contribution is -2.48. The summed E-state index contributed by atoms with van der Waals surface area (Å²) in [5.41, 5.74) is -0.448. The average molecular weight is 288 g/mol. The summed E-state index contributed by atoms with van der Waals surface area (Å²) in [7, 11) is 1.57. The van der Waals surface area contributed by atoms with Crippen molar-refractivity contribution in [2.75, 3.05) is 33.4 Å². The molecule has 1 aliphatic rings. The molecule has 1 fully saturated rings. The van der Waals surface area contributed by atoms with E-state index in [9.17, 15) is 9.90 Å². The molecule has 0 spiro atoms. The van der Waals surface area contributed by atoms with Gasteiger partial charge in [-0.15, -0.1) is 0 Å². The monoisotopic (exact) mass is 288 g/mol. The molecule has 118 valence electrons. The lowest BCUT2D eigenvalue weighted by atomic mass is 10.1. The fourth-order valence-corrected chi connectivity index (χ4v) is 2.15. The molecule has 0 radical (unpaired) electrons. The van der Waals surface area contributed by atoms with Crippen LogP contribution in [0.4, 0.5) is 4.79 Å². The molecule has 0 aromatic carbocycles. The molecule has 1 heterocycles. The van der Waals surface area contributed by atoms with Crippen molar-refractivity contribution >= 4 is 6.09 Å². The second-order valence-corrected chi connectivity index (χ2v) is 6.26. The van der Waals surface area contributed by atoms with Crippen LogP contribution in [-0.4, -0.2) is 67.2 Å². The molecule has 1 aliphatic heterocycles. The highest BCUT2D eigenvalue weighted by atomic mass is 16.6. The molecule has 0 aliphatic carbocycles. The molecule has 6 heteroatoms. The zero-order valence-corrected chi connectivity index (χ0v) is 13.0. The number of rotatable bonds is 5. The first-order valence-corrected chi connectivity index (χ1v) is 7.20. The van der Waals surface area contributed by atoms with E-state index in [0.717, 1.165) is 12.8 Å². The molecule has 6 nitrogen and oxygen atoms in total. The number of hydrogen-bond acceptors (Lipinski definition) is 5. The SMILES string of the molecule is COCC(O)CNC1CCN(C(=O)OC(C)(C)C)CC1. The lowest BCUT2D eigenvalue weighted by molar-refractivity contribution is 0.0188. The van der Waals surface area contributed by atoms with E-state index >= 15 is 0 Å². The van der Waals surface area contributed by atoms with E-state index in [1.54, 1.807) is 12.0 Å². The van der Waals surface area contributed by atoms with E-state index in [1.165, 1.54) is 0 Å². The predicted octanol–water partition coefficient (Wildman–Crippen LogP) is 0.983. The summed E-state index contributed by atoms with van der Waals surface area (Å²) in [4.78, 5) is 13.6. The minimum Gasteiger partial charge on any atom is -0.444 e. The van der Waals surface area contributed by atoms with Gasteiger partial charge in [0, 0.05) is 32.8 Å². The third kappa shape index (κ3) is 6.54. The summed E-state index contributed by atoms with van der Waals surface area (Å²) < 4.78 is 10.2. The van der Waals surface area contributed by atoms with Gasteiger partial charge in [0.15, 0.2) is 0 Å². The molecule has 1 rings (SSSR count). The first kappa shape index (κ1) is 17.2. The normalized spacial score (nSPS) is 18.9. The zero-order chi connectivity index (χ0) is 15.2. The van der Waals surface area contributed by atoms with E-state index in [-0.39, 0.29) is 6.09 Å². The number of piperidine rings is 1. The van der Waals surface area contributed by atoms with Crippen LogP contribution in [0.5, 0.6) is 0 Å². The molecule has 0 aromatic rings. The summed E-state index contributed by atoms with van der Waals surface area (Å²) >= 11 is 0. The topological polar surface area (TPSA) is 71.0 Å². The fourth-order valence-electron chi connectivity index (χ4n) is 2.15. The van der Waals surface area contributed by atoms with E-state index in [0.29, 0.717) is 32.3 Å². The second-order valence-electron chi connectivity index (χ2n) is 6.26. The van der Waals surface area contributed by atoms with Crippen molar-refractivity contribution in [2.24, 2.45) is 0 Å². The number of aliphatic hydroxyl groups is 1. The summed E-state index contributed by atoms with van der Waals surface area (Å²) in [6.07, 6.45) is 1.02. The third-order valence-electron chi connectivity index (χ3n) is 3.15. The fraction of sp³-hybridized carbons (Fsp3) is 0.929. The van der Waals surface area contributed by atoms with Crippen molar-refractivity contribution in [1.82, 2.24) is 10.2 Å². The Kier molecular flexibility index (Phi) is 6.71. The average Bonchev–Trinajstić information content (AvgIpc) is 2.35. The molecule has 0 aromatic heterocycles. The van der Waals surface area contributed by atoms with E-state index < -0.39 is 11.7 Å². The molecular weight excluding hydrogens is 260 g/mol. The van der Waals surface area contributed by atoms with Crippen LogP contribution in [0, 0.1) is 0 Å². The highest BCUT2D eigenvalue weighted by Crippen LogP contribution is 2.15. The van der Waals surface area contributed by atoms with E-state index in [1.807, 2.05) is 20.8 Å². The van der Waals surface area contributed by atoms with E-state index in [4.69, 9.17) is 9.47 Å².